The van der Waals surface area contributed by atoms with Gasteiger partial charge in [-0.25, -0.2) is 0 Å². The summed E-state index contributed by atoms with van der Waals surface area (Å²) in [6, 6.07) is 5.85. The Balaban J connectivity index is 1.79. The van der Waals surface area contributed by atoms with Crippen molar-refractivity contribution in [1.29, 1.82) is 0 Å². The van der Waals surface area contributed by atoms with Crippen LogP contribution < -0.4 is 9.47 Å². The maximum atomic E-state index is 13.0. The number of carbonyl (C=O) groups excluding carboxylic acids is 1. The molecule has 23 heavy (non-hydrogen) atoms. The molecule has 1 aromatic carbocycles. The van der Waals surface area contributed by atoms with Crippen molar-refractivity contribution >= 4 is 37.6 Å². The molecule has 1 spiro atoms. The van der Waals surface area contributed by atoms with Crippen molar-refractivity contribution in [2.45, 2.75) is 22.3 Å². The minimum absolute atomic E-state index is 0.0379. The predicted molar refractivity (Wildman–Crippen MR) is 92.8 cm³/mol. The summed E-state index contributed by atoms with van der Waals surface area (Å²) in [5.41, 5.74) is 0.439. The van der Waals surface area contributed by atoms with E-state index in [1.807, 2.05) is 24.3 Å². The second kappa shape index (κ2) is 5.07. The molecule has 0 unspecified atom stereocenters. The number of rotatable bonds is 3. The number of fused-ring (bicyclic) bond motifs is 1. The summed E-state index contributed by atoms with van der Waals surface area (Å²) in [5.74, 6) is 1.62. The highest BCUT2D eigenvalue weighted by atomic mass is 79.9. The molecule has 1 saturated carbocycles. The molecule has 4 atom stereocenters. The van der Waals surface area contributed by atoms with E-state index in [-0.39, 0.29) is 17.6 Å². The molecule has 4 aliphatic rings. The number of allylic oxidation sites excluding steroid dienone is 1. The summed E-state index contributed by atoms with van der Waals surface area (Å²) in [7, 11) is 3.23. The normalized spacial score (nSPS) is 37.7. The van der Waals surface area contributed by atoms with Gasteiger partial charge in [-0.3, -0.25) is 4.79 Å². The molecule has 5 rings (SSSR count). The average molecular weight is 444 g/mol. The number of ketones is 1. The van der Waals surface area contributed by atoms with E-state index in [0.717, 1.165) is 16.5 Å². The summed E-state index contributed by atoms with van der Waals surface area (Å²) in [6.45, 7) is 0.519. The van der Waals surface area contributed by atoms with Gasteiger partial charge in [-0.05, 0) is 34.7 Å². The molecule has 0 radical (unpaired) electrons. The Morgan fingerprint density at radius 1 is 1.22 bits per heavy atom. The van der Waals surface area contributed by atoms with E-state index in [2.05, 4.69) is 31.9 Å². The fraction of sp³-hybridized carbons (Fsp3) is 0.471. The summed E-state index contributed by atoms with van der Waals surface area (Å²) < 4.78 is 16.6. The lowest BCUT2D eigenvalue weighted by Crippen LogP contribution is -2.57. The van der Waals surface area contributed by atoms with Crippen molar-refractivity contribution in [2.24, 2.45) is 5.92 Å². The van der Waals surface area contributed by atoms with Gasteiger partial charge in [0.25, 0.3) is 0 Å². The highest BCUT2D eigenvalue weighted by molar-refractivity contribution is 9.12. The van der Waals surface area contributed by atoms with Gasteiger partial charge in [-0.15, -0.1) is 0 Å². The van der Waals surface area contributed by atoms with Crippen molar-refractivity contribution in [3.05, 3.63) is 34.3 Å². The maximum absolute atomic E-state index is 13.0. The van der Waals surface area contributed by atoms with E-state index in [4.69, 9.17) is 14.2 Å². The van der Waals surface area contributed by atoms with E-state index in [0.29, 0.717) is 18.1 Å². The quantitative estimate of drug-likeness (QED) is 0.529. The zero-order chi connectivity index (χ0) is 16.4. The molecule has 6 heteroatoms. The summed E-state index contributed by atoms with van der Waals surface area (Å²) in [4.78, 5) is 13.0. The topological polar surface area (TPSA) is 48.1 Å². The van der Waals surface area contributed by atoms with E-state index in [1.165, 1.54) is 0 Å². The van der Waals surface area contributed by atoms with Gasteiger partial charge in [-0.2, -0.15) is 0 Å². The average Bonchev–Trinajstić information content (AvgIpc) is 3.33. The van der Waals surface area contributed by atoms with E-state index in [9.17, 15) is 4.79 Å². The molecule has 1 saturated heterocycles. The van der Waals surface area contributed by atoms with Gasteiger partial charge in [0.15, 0.2) is 22.9 Å². The third kappa shape index (κ3) is 2.01. The SMILES string of the molecule is COc1ccc([C@H]2C[C@H]3C(Br)=C[C@]2(Br)C(=O)[C@]32CO2)cc1OC. The molecule has 2 fully saturated rings. The van der Waals surface area contributed by atoms with Crippen molar-refractivity contribution in [1.82, 2.24) is 0 Å². The Bertz CT molecular complexity index is 725. The van der Waals surface area contributed by atoms with Gasteiger partial charge in [0, 0.05) is 11.8 Å². The fourth-order valence-corrected chi connectivity index (χ4v) is 6.16. The number of ether oxygens (including phenoxy) is 3. The third-order valence-electron chi connectivity index (χ3n) is 5.22. The third-order valence-corrected chi connectivity index (χ3v) is 7.14. The fourth-order valence-electron chi connectivity index (χ4n) is 3.90. The highest BCUT2D eigenvalue weighted by Gasteiger charge is 2.71. The van der Waals surface area contributed by atoms with Crippen LogP contribution in [0.4, 0.5) is 0 Å². The van der Waals surface area contributed by atoms with E-state index in [1.54, 1.807) is 14.2 Å². The van der Waals surface area contributed by atoms with Gasteiger partial charge in [0.1, 0.15) is 4.32 Å². The van der Waals surface area contributed by atoms with E-state index >= 15 is 0 Å². The first kappa shape index (κ1) is 15.7. The lowest BCUT2D eigenvalue weighted by molar-refractivity contribution is -0.130. The molecule has 2 bridgehead atoms. The smallest absolute Gasteiger partial charge is 0.188 e. The van der Waals surface area contributed by atoms with Gasteiger partial charge >= 0.3 is 0 Å². The Morgan fingerprint density at radius 3 is 2.52 bits per heavy atom. The van der Waals surface area contributed by atoms with Crippen LogP contribution in [0.5, 0.6) is 11.5 Å². The summed E-state index contributed by atoms with van der Waals surface area (Å²) in [5, 5.41) is 0. The highest BCUT2D eigenvalue weighted by Crippen LogP contribution is 2.63. The Hall–Kier alpha value is -0.850. The van der Waals surface area contributed by atoms with Crippen LogP contribution in [0, 0.1) is 5.92 Å². The monoisotopic (exact) mass is 442 g/mol. The summed E-state index contributed by atoms with van der Waals surface area (Å²) in [6.07, 6.45) is 2.85. The van der Waals surface area contributed by atoms with Crippen molar-refractivity contribution in [3.63, 3.8) is 0 Å². The number of alkyl halides is 1. The van der Waals surface area contributed by atoms with Crippen LogP contribution >= 0.6 is 31.9 Å². The predicted octanol–water partition coefficient (Wildman–Crippen LogP) is 3.57. The summed E-state index contributed by atoms with van der Waals surface area (Å²) >= 11 is 7.36. The van der Waals surface area contributed by atoms with Crippen LogP contribution in [0.15, 0.2) is 28.8 Å². The molecule has 122 valence electrons. The molecule has 1 heterocycles. The number of hydrogen-bond acceptors (Lipinski definition) is 4. The molecule has 0 N–H and O–H groups in total. The number of hydrogen-bond donors (Lipinski definition) is 0. The molecular formula is C17H16Br2O4. The van der Waals surface area contributed by atoms with Crippen LogP contribution in [0.25, 0.3) is 0 Å². The number of Topliss-reactive ketones (excluding diaryl/α,β-unsaturated/α-hetero) is 1. The minimum atomic E-state index is -0.739. The van der Waals surface area contributed by atoms with Crippen LogP contribution in [0.3, 0.4) is 0 Å². The largest absolute Gasteiger partial charge is 0.493 e. The molecule has 0 aromatic heterocycles. The van der Waals surface area contributed by atoms with Crippen molar-refractivity contribution in [2.75, 3.05) is 20.8 Å². The molecule has 1 aliphatic heterocycles. The van der Waals surface area contributed by atoms with Gasteiger partial charge in [-0.1, -0.05) is 37.9 Å². The lowest BCUT2D eigenvalue weighted by Gasteiger charge is -2.48. The van der Waals surface area contributed by atoms with E-state index < -0.39 is 9.93 Å². The Kier molecular flexibility index (Phi) is 3.45. The van der Waals surface area contributed by atoms with Crippen LogP contribution in [-0.4, -0.2) is 36.5 Å². The zero-order valence-electron chi connectivity index (χ0n) is 12.8. The van der Waals surface area contributed by atoms with Crippen LogP contribution in [-0.2, 0) is 9.53 Å². The Morgan fingerprint density at radius 2 is 1.91 bits per heavy atom. The number of methoxy groups -OCH3 is 2. The second-order valence-electron chi connectivity index (χ2n) is 6.26. The first-order valence-corrected chi connectivity index (χ1v) is 9.03. The number of benzene rings is 1. The first-order valence-electron chi connectivity index (χ1n) is 7.44. The van der Waals surface area contributed by atoms with Crippen LogP contribution in [0.1, 0.15) is 17.9 Å². The molecule has 3 aliphatic carbocycles. The number of halogens is 2. The van der Waals surface area contributed by atoms with Gasteiger partial charge in [0.2, 0.25) is 0 Å². The molecule has 1 aromatic rings. The number of carbonyl (C=O) groups is 1. The first-order chi connectivity index (χ1) is 11.0. The second-order valence-corrected chi connectivity index (χ2v) is 8.49. The Labute approximate surface area is 151 Å². The van der Waals surface area contributed by atoms with Crippen LogP contribution in [0.2, 0.25) is 0 Å². The van der Waals surface area contributed by atoms with Gasteiger partial charge < -0.3 is 14.2 Å². The number of epoxide rings is 1. The maximum Gasteiger partial charge on any atom is 0.188 e. The lowest BCUT2D eigenvalue weighted by atomic mass is 9.61. The van der Waals surface area contributed by atoms with Crippen molar-refractivity contribution in [3.8, 4) is 11.5 Å². The standard InChI is InChI=1S/C17H16Br2O4/c1-21-13-4-3-9(5-14(13)22-2)10-6-11-12(18)7-16(10,19)15(20)17(11)8-23-17/h3-5,7,10-11H,6,8H2,1-2H3/t10-,11+,16-,17+/m1/s1. The minimum Gasteiger partial charge on any atom is -0.493 e. The van der Waals surface area contributed by atoms with Crippen molar-refractivity contribution < 1.29 is 19.0 Å². The zero-order valence-corrected chi connectivity index (χ0v) is 15.9. The molecule has 4 nitrogen and oxygen atoms in total. The van der Waals surface area contributed by atoms with Gasteiger partial charge in [0.05, 0.1) is 20.8 Å². The molecular weight excluding hydrogens is 428 g/mol. The molecule has 0 amide bonds.